The summed E-state index contributed by atoms with van der Waals surface area (Å²) < 4.78 is 0. The number of hydrogen-bond acceptors (Lipinski definition) is 3. The Morgan fingerprint density at radius 1 is 1.50 bits per heavy atom. The number of likely N-dealkylation sites (tertiary alicyclic amines) is 1. The molecule has 0 unspecified atom stereocenters. The molecule has 1 spiro atoms. The number of hydrogen-bond donors (Lipinski definition) is 1. The maximum absolute atomic E-state index is 4.63. The standard InChI is InChI=1S/C11H21N3/c1-9(2)10-12-7-11(13-10)5-4-6-14(3)8-11/h9H,4-8H2,1-3H3,(H,12,13)/t11-/m1/s1. The van der Waals surface area contributed by atoms with E-state index in [0.717, 1.165) is 13.1 Å². The molecule has 0 bridgehead atoms. The molecule has 2 rings (SSSR count). The molecule has 0 amide bonds. The molecule has 0 radical (unpaired) electrons. The molecule has 1 atom stereocenters. The molecule has 3 nitrogen and oxygen atoms in total. The first-order valence-corrected chi connectivity index (χ1v) is 5.62. The van der Waals surface area contributed by atoms with Gasteiger partial charge in [-0.2, -0.15) is 0 Å². The van der Waals surface area contributed by atoms with E-state index in [-0.39, 0.29) is 5.54 Å². The van der Waals surface area contributed by atoms with Crippen LogP contribution in [0.4, 0.5) is 0 Å². The highest BCUT2D eigenvalue weighted by atomic mass is 15.2. The van der Waals surface area contributed by atoms with Crippen molar-refractivity contribution in [3.05, 3.63) is 0 Å². The van der Waals surface area contributed by atoms with Crippen LogP contribution in [-0.2, 0) is 0 Å². The van der Waals surface area contributed by atoms with Crippen LogP contribution in [0, 0.1) is 5.92 Å². The minimum atomic E-state index is 0.270. The Labute approximate surface area is 86.6 Å². The number of nitrogens with one attached hydrogen (secondary N) is 1. The normalized spacial score (nSPS) is 33.6. The lowest BCUT2D eigenvalue weighted by Crippen LogP contribution is -2.56. The molecule has 1 N–H and O–H groups in total. The third kappa shape index (κ3) is 1.78. The maximum atomic E-state index is 4.63. The minimum absolute atomic E-state index is 0.270. The minimum Gasteiger partial charge on any atom is -0.365 e. The zero-order chi connectivity index (χ0) is 10.2. The summed E-state index contributed by atoms with van der Waals surface area (Å²) in [4.78, 5) is 7.04. The van der Waals surface area contributed by atoms with Crippen molar-refractivity contribution in [3.63, 3.8) is 0 Å². The Bertz CT molecular complexity index is 247. The van der Waals surface area contributed by atoms with Crippen molar-refractivity contribution in [2.75, 3.05) is 26.7 Å². The van der Waals surface area contributed by atoms with Crippen LogP contribution in [0.5, 0.6) is 0 Å². The zero-order valence-electron chi connectivity index (χ0n) is 9.51. The van der Waals surface area contributed by atoms with Gasteiger partial charge in [0.2, 0.25) is 0 Å². The number of aliphatic imine (C=N–C) groups is 1. The summed E-state index contributed by atoms with van der Waals surface area (Å²) in [6.45, 7) is 7.77. The van der Waals surface area contributed by atoms with E-state index in [9.17, 15) is 0 Å². The summed E-state index contributed by atoms with van der Waals surface area (Å²) in [7, 11) is 2.20. The lowest BCUT2D eigenvalue weighted by atomic mass is 9.90. The summed E-state index contributed by atoms with van der Waals surface area (Å²) in [6, 6.07) is 0. The van der Waals surface area contributed by atoms with Crippen LogP contribution in [0.2, 0.25) is 0 Å². The van der Waals surface area contributed by atoms with Gasteiger partial charge in [-0.05, 0) is 26.4 Å². The molecular formula is C11H21N3. The Morgan fingerprint density at radius 3 is 2.86 bits per heavy atom. The first-order valence-electron chi connectivity index (χ1n) is 5.62. The fourth-order valence-corrected chi connectivity index (χ4v) is 2.51. The highest BCUT2D eigenvalue weighted by molar-refractivity contribution is 5.86. The molecule has 3 heteroatoms. The van der Waals surface area contributed by atoms with Gasteiger partial charge in [-0.25, -0.2) is 0 Å². The van der Waals surface area contributed by atoms with Gasteiger partial charge in [-0.1, -0.05) is 13.8 Å². The number of rotatable bonds is 1. The third-order valence-electron chi connectivity index (χ3n) is 3.26. The van der Waals surface area contributed by atoms with Gasteiger partial charge in [-0.3, -0.25) is 4.99 Å². The Morgan fingerprint density at radius 2 is 2.29 bits per heavy atom. The van der Waals surface area contributed by atoms with Crippen molar-refractivity contribution in [2.45, 2.75) is 32.2 Å². The van der Waals surface area contributed by atoms with E-state index >= 15 is 0 Å². The third-order valence-corrected chi connectivity index (χ3v) is 3.26. The van der Waals surface area contributed by atoms with Crippen LogP contribution in [0.25, 0.3) is 0 Å². The quantitative estimate of drug-likeness (QED) is 0.678. The van der Waals surface area contributed by atoms with E-state index in [1.54, 1.807) is 0 Å². The molecule has 2 heterocycles. The predicted molar refractivity (Wildman–Crippen MR) is 59.7 cm³/mol. The number of amidine groups is 1. The summed E-state index contributed by atoms with van der Waals surface area (Å²) >= 11 is 0. The lowest BCUT2D eigenvalue weighted by Gasteiger charge is -2.39. The van der Waals surface area contributed by atoms with E-state index < -0.39 is 0 Å². The van der Waals surface area contributed by atoms with E-state index in [4.69, 9.17) is 0 Å². The van der Waals surface area contributed by atoms with Crippen LogP contribution in [0.1, 0.15) is 26.7 Å². The van der Waals surface area contributed by atoms with Crippen molar-refractivity contribution in [1.29, 1.82) is 0 Å². The molecule has 2 aliphatic rings. The smallest absolute Gasteiger partial charge is 0.0995 e. The molecule has 0 aromatic rings. The number of likely N-dealkylation sites (N-methyl/N-ethyl adjacent to an activating group) is 1. The molecular weight excluding hydrogens is 174 g/mol. The van der Waals surface area contributed by atoms with Gasteiger partial charge in [-0.15, -0.1) is 0 Å². The van der Waals surface area contributed by atoms with Gasteiger partial charge in [0.25, 0.3) is 0 Å². The van der Waals surface area contributed by atoms with E-state index in [1.165, 1.54) is 25.2 Å². The van der Waals surface area contributed by atoms with Crippen molar-refractivity contribution < 1.29 is 0 Å². The van der Waals surface area contributed by atoms with E-state index in [1.807, 2.05) is 0 Å². The second kappa shape index (κ2) is 3.54. The lowest BCUT2D eigenvalue weighted by molar-refractivity contribution is 0.175. The van der Waals surface area contributed by atoms with Crippen molar-refractivity contribution >= 4 is 5.84 Å². The second-order valence-corrected chi connectivity index (χ2v) is 5.10. The highest BCUT2D eigenvalue weighted by Crippen LogP contribution is 2.25. The fraction of sp³-hybridized carbons (Fsp3) is 0.909. The Balaban J connectivity index is 2.01. The Kier molecular flexibility index (Phi) is 2.52. The molecule has 0 aliphatic carbocycles. The monoisotopic (exact) mass is 195 g/mol. The van der Waals surface area contributed by atoms with Gasteiger partial charge in [0, 0.05) is 12.5 Å². The molecule has 0 aromatic carbocycles. The fourth-order valence-electron chi connectivity index (χ4n) is 2.51. The first kappa shape index (κ1) is 9.97. The Hall–Kier alpha value is -0.570. The zero-order valence-corrected chi connectivity index (χ0v) is 9.51. The topological polar surface area (TPSA) is 27.6 Å². The van der Waals surface area contributed by atoms with Crippen LogP contribution in [-0.4, -0.2) is 43.0 Å². The number of piperidine rings is 1. The van der Waals surface area contributed by atoms with Gasteiger partial charge in [0.05, 0.1) is 17.9 Å². The van der Waals surface area contributed by atoms with Gasteiger partial charge in [0.15, 0.2) is 0 Å². The van der Waals surface area contributed by atoms with Gasteiger partial charge >= 0.3 is 0 Å². The molecule has 80 valence electrons. The average Bonchev–Trinajstić information content (AvgIpc) is 2.49. The van der Waals surface area contributed by atoms with E-state index in [0.29, 0.717) is 5.92 Å². The summed E-state index contributed by atoms with van der Waals surface area (Å²) in [5.41, 5.74) is 0.270. The summed E-state index contributed by atoms with van der Waals surface area (Å²) in [5, 5.41) is 3.64. The van der Waals surface area contributed by atoms with Gasteiger partial charge < -0.3 is 10.2 Å². The van der Waals surface area contributed by atoms with Crippen LogP contribution >= 0.6 is 0 Å². The molecule has 0 aromatic heterocycles. The SMILES string of the molecule is CC(C)C1=NC[C@@]2(CCCN(C)C2)N1. The van der Waals surface area contributed by atoms with Crippen molar-refractivity contribution in [3.8, 4) is 0 Å². The molecule has 14 heavy (non-hydrogen) atoms. The van der Waals surface area contributed by atoms with Crippen LogP contribution < -0.4 is 5.32 Å². The van der Waals surface area contributed by atoms with Crippen molar-refractivity contribution in [1.82, 2.24) is 10.2 Å². The average molecular weight is 195 g/mol. The summed E-state index contributed by atoms with van der Waals surface area (Å²) in [6.07, 6.45) is 2.57. The van der Waals surface area contributed by atoms with E-state index in [2.05, 4.69) is 36.1 Å². The van der Waals surface area contributed by atoms with Crippen molar-refractivity contribution in [2.24, 2.45) is 10.9 Å². The molecule has 2 aliphatic heterocycles. The van der Waals surface area contributed by atoms with Crippen LogP contribution in [0.3, 0.4) is 0 Å². The second-order valence-electron chi connectivity index (χ2n) is 5.10. The predicted octanol–water partition coefficient (Wildman–Crippen LogP) is 1.11. The molecule has 1 fully saturated rings. The maximum Gasteiger partial charge on any atom is 0.0995 e. The van der Waals surface area contributed by atoms with Crippen LogP contribution in [0.15, 0.2) is 4.99 Å². The number of nitrogens with zero attached hydrogens (tertiary/aromatic N) is 2. The summed E-state index contributed by atoms with van der Waals surface area (Å²) in [5.74, 6) is 1.75. The molecule has 0 saturated carbocycles. The highest BCUT2D eigenvalue weighted by Gasteiger charge is 2.38. The van der Waals surface area contributed by atoms with Gasteiger partial charge in [0.1, 0.15) is 0 Å². The largest absolute Gasteiger partial charge is 0.365 e. The molecule has 1 saturated heterocycles. The first-order chi connectivity index (χ1) is 6.61.